The molecule has 0 atom stereocenters. The summed E-state index contributed by atoms with van der Waals surface area (Å²) in [5, 5.41) is 12.1. The van der Waals surface area contributed by atoms with Gasteiger partial charge in [-0.15, -0.1) is 0 Å². The quantitative estimate of drug-likeness (QED) is 0.701. The van der Waals surface area contributed by atoms with Gasteiger partial charge in [-0.25, -0.2) is 0 Å². The van der Waals surface area contributed by atoms with Crippen molar-refractivity contribution in [3.63, 3.8) is 0 Å². The predicted octanol–water partition coefficient (Wildman–Crippen LogP) is 1.02. The van der Waals surface area contributed by atoms with Gasteiger partial charge in [-0.05, 0) is 38.5 Å². The van der Waals surface area contributed by atoms with E-state index >= 15 is 0 Å². The molecule has 2 aliphatic rings. The van der Waals surface area contributed by atoms with E-state index in [4.69, 9.17) is 10.8 Å². The highest BCUT2D eigenvalue weighted by Crippen LogP contribution is 2.31. The molecule has 0 radical (unpaired) electrons. The van der Waals surface area contributed by atoms with Crippen molar-refractivity contribution in [3.05, 3.63) is 0 Å². The highest BCUT2D eigenvalue weighted by atomic mass is 16.4. The minimum atomic E-state index is -1.12. The molecule has 0 aromatic carbocycles. The van der Waals surface area contributed by atoms with E-state index in [0.29, 0.717) is 31.7 Å². The average molecular weight is 254 g/mol. The van der Waals surface area contributed by atoms with Gasteiger partial charge in [0.25, 0.3) is 0 Å². The molecule has 4 N–H and O–H groups in total. The molecule has 102 valence electrons. The van der Waals surface area contributed by atoms with Gasteiger partial charge in [-0.2, -0.15) is 0 Å². The molecule has 5 heteroatoms. The molecular weight excluding hydrogens is 232 g/mol. The Morgan fingerprint density at radius 1 is 1.11 bits per heavy atom. The normalized spacial score (nSPS) is 33.3. The van der Waals surface area contributed by atoms with Crippen LogP contribution in [0.1, 0.15) is 51.4 Å². The Balaban J connectivity index is 1.81. The van der Waals surface area contributed by atoms with E-state index in [2.05, 4.69) is 5.32 Å². The lowest BCUT2D eigenvalue weighted by Gasteiger charge is -2.33. The summed E-state index contributed by atoms with van der Waals surface area (Å²) in [6.45, 7) is 0. The predicted molar refractivity (Wildman–Crippen MR) is 66.9 cm³/mol. The van der Waals surface area contributed by atoms with E-state index in [1.165, 1.54) is 12.8 Å². The van der Waals surface area contributed by atoms with Crippen molar-refractivity contribution in [1.82, 2.24) is 5.32 Å². The summed E-state index contributed by atoms with van der Waals surface area (Å²) in [5.74, 6) is -0.909. The van der Waals surface area contributed by atoms with E-state index < -0.39 is 11.5 Å². The molecule has 1 amide bonds. The second kappa shape index (κ2) is 5.26. The third-order valence-corrected chi connectivity index (χ3v) is 4.38. The van der Waals surface area contributed by atoms with E-state index in [1.54, 1.807) is 0 Å². The Morgan fingerprint density at radius 3 is 2.17 bits per heavy atom. The van der Waals surface area contributed by atoms with Crippen LogP contribution in [-0.2, 0) is 9.59 Å². The number of aliphatic carboxylic acids is 1. The third kappa shape index (κ3) is 2.83. The van der Waals surface area contributed by atoms with Crippen LogP contribution in [0.4, 0.5) is 0 Å². The third-order valence-electron chi connectivity index (χ3n) is 4.38. The number of hydrogen-bond acceptors (Lipinski definition) is 3. The number of carboxylic acid groups (broad SMARTS) is 1. The van der Waals surface area contributed by atoms with Gasteiger partial charge in [0.1, 0.15) is 5.54 Å². The van der Waals surface area contributed by atoms with Crippen LogP contribution in [0.15, 0.2) is 0 Å². The molecule has 5 nitrogen and oxygen atoms in total. The zero-order valence-electron chi connectivity index (χ0n) is 10.7. The molecule has 2 aliphatic carbocycles. The first kappa shape index (κ1) is 13.3. The van der Waals surface area contributed by atoms with Crippen LogP contribution in [0.2, 0.25) is 0 Å². The maximum Gasteiger partial charge on any atom is 0.323 e. The Morgan fingerprint density at radius 2 is 1.67 bits per heavy atom. The largest absolute Gasteiger partial charge is 0.480 e. The maximum atomic E-state index is 12.0. The van der Waals surface area contributed by atoms with Gasteiger partial charge in [-0.1, -0.05) is 12.8 Å². The van der Waals surface area contributed by atoms with Gasteiger partial charge in [0.2, 0.25) is 5.91 Å². The molecule has 0 aromatic heterocycles. The van der Waals surface area contributed by atoms with Gasteiger partial charge in [0, 0.05) is 12.0 Å². The summed E-state index contributed by atoms with van der Waals surface area (Å²) < 4.78 is 0. The molecule has 0 aliphatic heterocycles. The first-order chi connectivity index (χ1) is 8.51. The Kier molecular flexibility index (Phi) is 3.90. The van der Waals surface area contributed by atoms with Gasteiger partial charge in [0.15, 0.2) is 0 Å². The zero-order chi connectivity index (χ0) is 13.2. The molecule has 0 saturated heterocycles. The fourth-order valence-corrected chi connectivity index (χ4v) is 3.00. The Labute approximate surface area is 107 Å². The van der Waals surface area contributed by atoms with E-state index in [-0.39, 0.29) is 11.8 Å². The van der Waals surface area contributed by atoms with Crippen LogP contribution in [0.25, 0.3) is 0 Å². The molecule has 0 aromatic rings. The Hall–Kier alpha value is -1.10. The van der Waals surface area contributed by atoms with Crippen molar-refractivity contribution < 1.29 is 14.7 Å². The summed E-state index contributed by atoms with van der Waals surface area (Å²) in [5.41, 5.74) is 4.68. The number of carbonyl (C=O) groups excluding carboxylic acids is 1. The highest BCUT2D eigenvalue weighted by molar-refractivity contribution is 5.81. The van der Waals surface area contributed by atoms with Crippen LogP contribution < -0.4 is 11.1 Å². The number of carbonyl (C=O) groups is 2. The number of amides is 1. The average Bonchev–Trinajstić information content (AvgIpc) is 2.82. The molecule has 2 fully saturated rings. The van der Waals surface area contributed by atoms with Crippen molar-refractivity contribution in [2.24, 2.45) is 11.7 Å². The van der Waals surface area contributed by atoms with Crippen molar-refractivity contribution in [2.45, 2.75) is 62.9 Å². The van der Waals surface area contributed by atoms with E-state index in [1.807, 2.05) is 0 Å². The van der Waals surface area contributed by atoms with Crippen LogP contribution in [0, 0.1) is 5.92 Å². The first-order valence-corrected chi connectivity index (χ1v) is 6.84. The molecule has 18 heavy (non-hydrogen) atoms. The lowest BCUT2D eigenvalue weighted by Crippen LogP contribution is -2.52. The topological polar surface area (TPSA) is 92.4 Å². The summed E-state index contributed by atoms with van der Waals surface area (Å²) in [6.07, 6.45) is 6.50. The second-order valence-electron chi connectivity index (χ2n) is 5.73. The highest BCUT2D eigenvalue weighted by Gasteiger charge is 2.40. The van der Waals surface area contributed by atoms with Crippen LogP contribution in [0.5, 0.6) is 0 Å². The number of hydrogen-bond donors (Lipinski definition) is 3. The summed E-state index contributed by atoms with van der Waals surface area (Å²) in [4.78, 5) is 23.0. The lowest BCUT2D eigenvalue weighted by atomic mass is 9.77. The fourth-order valence-electron chi connectivity index (χ4n) is 3.00. The van der Waals surface area contributed by atoms with Gasteiger partial charge < -0.3 is 16.2 Å². The first-order valence-electron chi connectivity index (χ1n) is 6.84. The van der Waals surface area contributed by atoms with Gasteiger partial charge in [-0.3, -0.25) is 9.59 Å². The van der Waals surface area contributed by atoms with Gasteiger partial charge in [0.05, 0.1) is 0 Å². The molecule has 0 heterocycles. The maximum absolute atomic E-state index is 12.0. The minimum Gasteiger partial charge on any atom is -0.480 e. The summed E-state index contributed by atoms with van der Waals surface area (Å²) in [7, 11) is 0. The fraction of sp³-hybridized carbons (Fsp3) is 0.846. The monoisotopic (exact) mass is 254 g/mol. The van der Waals surface area contributed by atoms with Crippen LogP contribution >= 0.6 is 0 Å². The summed E-state index contributed by atoms with van der Waals surface area (Å²) >= 11 is 0. The summed E-state index contributed by atoms with van der Waals surface area (Å²) in [6, 6.07) is 0.335. The van der Waals surface area contributed by atoms with Gasteiger partial charge >= 0.3 is 5.97 Å². The lowest BCUT2D eigenvalue weighted by molar-refractivity contribution is -0.146. The molecule has 2 saturated carbocycles. The Bertz CT molecular complexity index is 329. The van der Waals surface area contributed by atoms with E-state index in [0.717, 1.165) is 12.8 Å². The second-order valence-corrected chi connectivity index (χ2v) is 5.73. The standard InChI is InChI=1S/C13H22N2O3/c14-13(12(17)18)7-5-9(6-8-13)11(16)15-10-3-1-2-4-10/h9-10H,1-8,14H2,(H,15,16)(H,17,18). The van der Waals surface area contributed by atoms with Crippen molar-refractivity contribution in [2.75, 3.05) is 0 Å². The van der Waals surface area contributed by atoms with E-state index in [9.17, 15) is 9.59 Å². The van der Waals surface area contributed by atoms with Crippen molar-refractivity contribution in [1.29, 1.82) is 0 Å². The SMILES string of the molecule is NC1(C(=O)O)CCC(C(=O)NC2CCCC2)CC1. The molecule has 0 unspecified atom stereocenters. The smallest absolute Gasteiger partial charge is 0.323 e. The molecule has 2 rings (SSSR count). The molecule has 0 bridgehead atoms. The van der Waals surface area contributed by atoms with Crippen molar-refractivity contribution in [3.8, 4) is 0 Å². The van der Waals surface area contributed by atoms with Crippen molar-refractivity contribution >= 4 is 11.9 Å². The molecular formula is C13H22N2O3. The number of nitrogens with one attached hydrogen (secondary N) is 1. The van der Waals surface area contributed by atoms with Crippen LogP contribution in [0.3, 0.4) is 0 Å². The number of rotatable bonds is 3. The molecule has 0 spiro atoms. The minimum absolute atomic E-state index is 0.0541. The number of nitrogens with two attached hydrogens (primary N) is 1. The van der Waals surface area contributed by atoms with Crippen LogP contribution in [-0.4, -0.2) is 28.6 Å². The zero-order valence-corrected chi connectivity index (χ0v) is 10.7. The number of carboxylic acids is 1.